The van der Waals surface area contributed by atoms with Gasteiger partial charge in [0.15, 0.2) is 0 Å². The predicted molar refractivity (Wildman–Crippen MR) is 94.7 cm³/mol. The summed E-state index contributed by atoms with van der Waals surface area (Å²) >= 11 is 0. The first-order chi connectivity index (χ1) is 11.3. The number of ether oxygens (including phenoxy) is 1. The Hall–Kier alpha value is -1.84. The molecule has 3 rings (SSSR count). The topological polar surface area (TPSA) is 24.5 Å². The maximum absolute atomic E-state index is 5.47. The molecule has 2 aromatic rings. The fourth-order valence-electron chi connectivity index (χ4n) is 3.61. The van der Waals surface area contributed by atoms with Crippen LogP contribution in [-0.4, -0.2) is 31.6 Å². The molecule has 0 amide bonds. The number of nitrogens with one attached hydrogen (secondary N) is 1. The second kappa shape index (κ2) is 7.62. The number of benzene rings is 2. The van der Waals surface area contributed by atoms with Crippen LogP contribution in [0, 0.1) is 0 Å². The normalized spacial score (nSPS) is 22.0. The Morgan fingerprint density at radius 3 is 2.61 bits per heavy atom. The van der Waals surface area contributed by atoms with Gasteiger partial charge in [-0.25, -0.2) is 0 Å². The van der Waals surface area contributed by atoms with Gasteiger partial charge in [0.25, 0.3) is 0 Å². The Morgan fingerprint density at radius 2 is 1.83 bits per heavy atom. The van der Waals surface area contributed by atoms with E-state index >= 15 is 0 Å². The maximum Gasteiger partial charge on any atom is 0.123 e. The van der Waals surface area contributed by atoms with Crippen molar-refractivity contribution in [1.82, 2.24) is 10.2 Å². The molecule has 1 saturated heterocycles. The van der Waals surface area contributed by atoms with Crippen LogP contribution < -0.4 is 10.1 Å². The highest BCUT2D eigenvalue weighted by atomic mass is 16.5. The van der Waals surface area contributed by atoms with Crippen LogP contribution in [0.4, 0.5) is 0 Å². The standard InChI is InChI=1S/C20H26N2O/c1-22-14-8-12-18(20(22)16-9-4-3-5-10-16)21-15-17-11-6-7-13-19(17)23-2/h3-7,9-11,13,18,20-21H,8,12,14-15H2,1-2H3/t18-,20-/m1/s1. The summed E-state index contributed by atoms with van der Waals surface area (Å²) < 4.78 is 5.47. The zero-order valence-corrected chi connectivity index (χ0v) is 14.0. The number of para-hydroxylation sites is 1. The van der Waals surface area contributed by atoms with Gasteiger partial charge in [-0.05, 0) is 38.1 Å². The highest BCUT2D eigenvalue weighted by molar-refractivity contribution is 5.33. The van der Waals surface area contributed by atoms with Crippen molar-refractivity contribution >= 4 is 0 Å². The van der Waals surface area contributed by atoms with Gasteiger partial charge < -0.3 is 10.1 Å². The molecule has 1 fully saturated rings. The Bertz CT molecular complexity index is 614. The SMILES string of the molecule is COc1ccccc1CN[C@@H]1CCCN(C)[C@@H]1c1ccccc1. The largest absolute Gasteiger partial charge is 0.496 e. The summed E-state index contributed by atoms with van der Waals surface area (Å²) in [6, 6.07) is 20.0. The van der Waals surface area contributed by atoms with E-state index in [1.54, 1.807) is 7.11 Å². The summed E-state index contributed by atoms with van der Waals surface area (Å²) in [5.74, 6) is 0.959. The van der Waals surface area contributed by atoms with Crippen molar-refractivity contribution in [2.75, 3.05) is 20.7 Å². The van der Waals surface area contributed by atoms with Gasteiger partial charge in [-0.3, -0.25) is 4.90 Å². The average Bonchev–Trinajstić information content (AvgIpc) is 2.61. The minimum atomic E-state index is 0.430. The molecule has 0 unspecified atom stereocenters. The molecule has 1 aliphatic heterocycles. The van der Waals surface area contributed by atoms with Crippen LogP contribution in [0.25, 0.3) is 0 Å². The van der Waals surface area contributed by atoms with Crippen molar-refractivity contribution in [2.24, 2.45) is 0 Å². The fourth-order valence-corrected chi connectivity index (χ4v) is 3.61. The molecule has 1 heterocycles. The molecule has 1 N–H and O–H groups in total. The molecule has 3 nitrogen and oxygen atoms in total. The molecule has 3 heteroatoms. The van der Waals surface area contributed by atoms with E-state index in [0.29, 0.717) is 12.1 Å². The average molecular weight is 310 g/mol. The molecule has 0 saturated carbocycles. The van der Waals surface area contributed by atoms with E-state index in [2.05, 4.69) is 59.7 Å². The van der Waals surface area contributed by atoms with Gasteiger partial charge in [-0.2, -0.15) is 0 Å². The van der Waals surface area contributed by atoms with Gasteiger partial charge in [-0.1, -0.05) is 48.5 Å². The lowest BCUT2D eigenvalue weighted by molar-refractivity contribution is 0.141. The zero-order valence-electron chi connectivity index (χ0n) is 14.0. The summed E-state index contributed by atoms with van der Waals surface area (Å²) in [7, 11) is 3.97. The molecule has 2 aromatic carbocycles. The van der Waals surface area contributed by atoms with Gasteiger partial charge in [0.2, 0.25) is 0 Å². The maximum atomic E-state index is 5.47. The second-order valence-corrected chi connectivity index (χ2v) is 6.28. The lowest BCUT2D eigenvalue weighted by atomic mass is 9.90. The summed E-state index contributed by atoms with van der Waals surface area (Å²) in [6.07, 6.45) is 2.45. The van der Waals surface area contributed by atoms with Gasteiger partial charge in [0, 0.05) is 24.2 Å². The summed E-state index contributed by atoms with van der Waals surface area (Å²) in [5.41, 5.74) is 2.61. The smallest absolute Gasteiger partial charge is 0.123 e. The molecule has 0 aliphatic carbocycles. The van der Waals surface area contributed by atoms with Crippen LogP contribution in [0.3, 0.4) is 0 Å². The summed E-state index contributed by atoms with van der Waals surface area (Å²) in [5, 5.41) is 3.77. The van der Waals surface area contributed by atoms with Gasteiger partial charge >= 0.3 is 0 Å². The van der Waals surface area contributed by atoms with Crippen molar-refractivity contribution < 1.29 is 4.74 Å². The van der Waals surface area contributed by atoms with Gasteiger partial charge in [0.1, 0.15) is 5.75 Å². The van der Waals surface area contributed by atoms with Crippen LogP contribution in [-0.2, 0) is 6.54 Å². The third kappa shape index (κ3) is 3.74. The number of nitrogens with zero attached hydrogens (tertiary/aromatic N) is 1. The number of piperidine rings is 1. The molecule has 0 radical (unpaired) electrons. The summed E-state index contributed by atoms with van der Waals surface area (Å²) in [6.45, 7) is 2.00. The second-order valence-electron chi connectivity index (χ2n) is 6.28. The lowest BCUT2D eigenvalue weighted by Crippen LogP contribution is -2.46. The van der Waals surface area contributed by atoms with Gasteiger partial charge in [0.05, 0.1) is 7.11 Å². The molecular weight excluding hydrogens is 284 g/mol. The van der Waals surface area contributed by atoms with Crippen LogP contribution in [0.5, 0.6) is 5.75 Å². The molecular formula is C20H26N2O. The number of likely N-dealkylation sites (tertiary alicyclic amines) is 1. The van der Waals surface area contributed by atoms with Crippen molar-refractivity contribution in [3.63, 3.8) is 0 Å². The number of rotatable bonds is 5. The predicted octanol–water partition coefficient (Wildman–Crippen LogP) is 3.62. The van der Waals surface area contributed by atoms with Crippen LogP contribution in [0.15, 0.2) is 54.6 Å². The molecule has 0 bridgehead atoms. The molecule has 1 aliphatic rings. The third-order valence-corrected chi connectivity index (χ3v) is 4.77. The van der Waals surface area contributed by atoms with E-state index in [-0.39, 0.29) is 0 Å². The first-order valence-corrected chi connectivity index (χ1v) is 8.40. The number of hydrogen-bond acceptors (Lipinski definition) is 3. The van der Waals surface area contributed by atoms with Gasteiger partial charge in [-0.15, -0.1) is 0 Å². The first-order valence-electron chi connectivity index (χ1n) is 8.40. The highest BCUT2D eigenvalue weighted by Gasteiger charge is 2.30. The Labute approximate surface area is 139 Å². The molecule has 0 aromatic heterocycles. The third-order valence-electron chi connectivity index (χ3n) is 4.77. The Balaban J connectivity index is 1.74. The minimum absolute atomic E-state index is 0.430. The van der Waals surface area contributed by atoms with E-state index in [1.165, 1.54) is 24.0 Å². The number of hydrogen-bond donors (Lipinski definition) is 1. The van der Waals surface area contributed by atoms with E-state index in [0.717, 1.165) is 18.8 Å². The molecule has 23 heavy (non-hydrogen) atoms. The fraction of sp³-hybridized carbons (Fsp3) is 0.400. The summed E-state index contributed by atoms with van der Waals surface area (Å²) in [4.78, 5) is 2.47. The van der Waals surface area contributed by atoms with Crippen LogP contribution in [0.1, 0.15) is 30.0 Å². The first kappa shape index (κ1) is 16.0. The van der Waals surface area contributed by atoms with E-state index in [4.69, 9.17) is 4.74 Å². The van der Waals surface area contributed by atoms with Crippen molar-refractivity contribution in [2.45, 2.75) is 31.5 Å². The molecule has 0 spiro atoms. The van der Waals surface area contributed by atoms with Crippen molar-refractivity contribution in [1.29, 1.82) is 0 Å². The monoisotopic (exact) mass is 310 g/mol. The van der Waals surface area contributed by atoms with Crippen LogP contribution in [0.2, 0.25) is 0 Å². The quantitative estimate of drug-likeness (QED) is 0.913. The van der Waals surface area contributed by atoms with E-state index < -0.39 is 0 Å². The zero-order chi connectivity index (χ0) is 16.1. The Kier molecular flexibility index (Phi) is 5.31. The van der Waals surface area contributed by atoms with E-state index in [1.807, 2.05) is 12.1 Å². The highest BCUT2D eigenvalue weighted by Crippen LogP contribution is 2.30. The van der Waals surface area contributed by atoms with E-state index in [9.17, 15) is 0 Å². The number of methoxy groups -OCH3 is 1. The lowest BCUT2D eigenvalue weighted by Gasteiger charge is -2.40. The minimum Gasteiger partial charge on any atom is -0.496 e. The number of likely N-dealkylation sites (N-methyl/N-ethyl adjacent to an activating group) is 1. The molecule has 122 valence electrons. The molecule has 2 atom stereocenters. The Morgan fingerprint density at radius 1 is 1.09 bits per heavy atom. The van der Waals surface area contributed by atoms with Crippen LogP contribution >= 0.6 is 0 Å². The van der Waals surface area contributed by atoms with Crippen molar-refractivity contribution in [3.05, 3.63) is 65.7 Å². The van der Waals surface area contributed by atoms with Crippen molar-refractivity contribution in [3.8, 4) is 5.75 Å².